The van der Waals surface area contributed by atoms with Crippen LogP contribution in [0.1, 0.15) is 0 Å². The van der Waals surface area contributed by atoms with Gasteiger partial charge in [0.25, 0.3) is 0 Å². The lowest BCUT2D eigenvalue weighted by molar-refractivity contribution is 0.481. The lowest BCUT2D eigenvalue weighted by Crippen LogP contribution is -2.04. The molecule has 1 N–H and O–H groups in total. The van der Waals surface area contributed by atoms with Crippen molar-refractivity contribution in [2.75, 3.05) is 5.32 Å². The normalized spacial score (nSPS) is 11.8. The predicted octanol–water partition coefficient (Wildman–Crippen LogP) is 3.39. The summed E-state index contributed by atoms with van der Waals surface area (Å²) >= 11 is 0. The van der Waals surface area contributed by atoms with Gasteiger partial charge in [-0.3, -0.25) is 0 Å². The van der Waals surface area contributed by atoms with Gasteiger partial charge in [-0.1, -0.05) is 18.2 Å². The number of hydrogen-bond donors (Lipinski definition) is 1. The zero-order valence-electron chi connectivity index (χ0n) is 10.4. The van der Waals surface area contributed by atoms with Gasteiger partial charge in [-0.2, -0.15) is 0 Å². The molecule has 2 heterocycles. The van der Waals surface area contributed by atoms with E-state index >= 15 is 0 Å². The minimum Gasteiger partial charge on any atom is -0.453 e. The first kappa shape index (κ1) is 10.9. The Morgan fingerprint density at radius 3 is 2.55 bits per heavy atom. The second kappa shape index (κ2) is 4.31. The van der Waals surface area contributed by atoms with Crippen molar-refractivity contribution < 1.29 is 4.74 Å². The molecule has 0 radical (unpaired) electrons. The van der Waals surface area contributed by atoms with Crippen LogP contribution in [0.3, 0.4) is 0 Å². The largest absolute Gasteiger partial charge is 0.453 e. The molecule has 4 rings (SSSR count). The molecule has 0 amide bonds. The number of benzene rings is 2. The quantitative estimate of drug-likeness (QED) is 0.569. The first-order valence-corrected chi connectivity index (χ1v) is 6.21. The Bertz CT molecular complexity index is 774. The van der Waals surface area contributed by atoms with E-state index in [1.807, 2.05) is 42.5 Å². The van der Waals surface area contributed by atoms with Crippen molar-refractivity contribution in [3.63, 3.8) is 0 Å². The summed E-state index contributed by atoms with van der Waals surface area (Å²) in [6, 6.07) is 13.6. The fraction of sp³-hybridized carbons (Fsp3) is 0. The number of anilines is 2. The lowest BCUT2D eigenvalue weighted by atomic mass is 10.1. The van der Waals surface area contributed by atoms with Crippen LogP contribution >= 0.6 is 0 Å². The maximum absolute atomic E-state index is 5.91. The van der Waals surface area contributed by atoms with Gasteiger partial charge < -0.3 is 10.1 Å². The van der Waals surface area contributed by atoms with Crippen molar-refractivity contribution in [3.8, 4) is 22.9 Å². The summed E-state index contributed by atoms with van der Waals surface area (Å²) in [7, 11) is 0. The molecule has 20 heavy (non-hydrogen) atoms. The number of para-hydroxylation sites is 3. The number of nitrogens with one attached hydrogen (secondary N) is 1. The Kier molecular flexibility index (Phi) is 2.35. The summed E-state index contributed by atoms with van der Waals surface area (Å²) in [6.07, 6.45) is 2.97. The van der Waals surface area contributed by atoms with Crippen LogP contribution in [0.5, 0.6) is 11.5 Å². The maximum Gasteiger partial charge on any atom is 0.164 e. The Balaban J connectivity index is 1.87. The van der Waals surface area contributed by atoms with E-state index in [0.29, 0.717) is 5.82 Å². The van der Waals surface area contributed by atoms with Crippen molar-refractivity contribution >= 4 is 11.4 Å². The van der Waals surface area contributed by atoms with Crippen LogP contribution in [0.15, 0.2) is 55.1 Å². The number of ether oxygens (including phenoxy) is 1. The highest BCUT2D eigenvalue weighted by Gasteiger charge is 2.20. The number of hydrogen-bond acceptors (Lipinski definition) is 5. The molecule has 0 fully saturated rings. The van der Waals surface area contributed by atoms with Gasteiger partial charge in [-0.25, -0.2) is 15.0 Å². The van der Waals surface area contributed by atoms with E-state index in [-0.39, 0.29) is 0 Å². The zero-order valence-corrected chi connectivity index (χ0v) is 10.4. The third-order valence-corrected chi connectivity index (χ3v) is 3.13. The Morgan fingerprint density at radius 2 is 1.65 bits per heavy atom. The third-order valence-electron chi connectivity index (χ3n) is 3.13. The molecule has 0 aliphatic carbocycles. The summed E-state index contributed by atoms with van der Waals surface area (Å²) < 4.78 is 5.91. The van der Waals surface area contributed by atoms with Crippen LogP contribution in [0, 0.1) is 0 Å². The second-order valence-corrected chi connectivity index (χ2v) is 4.36. The molecule has 0 saturated carbocycles. The summed E-state index contributed by atoms with van der Waals surface area (Å²) in [5.74, 6) is 2.20. The molecule has 3 aromatic rings. The van der Waals surface area contributed by atoms with E-state index in [2.05, 4.69) is 20.3 Å². The molecule has 1 aliphatic rings. The number of nitrogens with zero attached hydrogens (tertiary/aromatic N) is 3. The Hall–Kier alpha value is -2.95. The Morgan fingerprint density at radius 1 is 0.850 bits per heavy atom. The number of rotatable bonds is 1. The molecule has 0 bridgehead atoms. The summed E-state index contributed by atoms with van der Waals surface area (Å²) in [4.78, 5) is 12.2. The highest BCUT2D eigenvalue weighted by molar-refractivity contribution is 5.86. The minimum absolute atomic E-state index is 0.618. The maximum atomic E-state index is 5.91. The molecule has 0 spiro atoms. The molecule has 96 valence electrons. The fourth-order valence-electron chi connectivity index (χ4n) is 2.22. The molecular formula is C15H10N4O. The zero-order chi connectivity index (χ0) is 13.4. The molecule has 2 aromatic carbocycles. The SMILES string of the molecule is c1ccc2c(c1)Nc1c(cccc1-c1ncncn1)O2. The average Bonchev–Trinajstić information content (AvgIpc) is 2.53. The molecule has 0 saturated heterocycles. The van der Waals surface area contributed by atoms with E-state index in [1.54, 1.807) is 0 Å². The van der Waals surface area contributed by atoms with Crippen LogP contribution in [-0.2, 0) is 0 Å². The number of fused-ring (bicyclic) bond motifs is 2. The monoisotopic (exact) mass is 262 g/mol. The van der Waals surface area contributed by atoms with Gasteiger partial charge in [0.05, 0.1) is 11.4 Å². The highest BCUT2D eigenvalue weighted by Crippen LogP contribution is 2.45. The van der Waals surface area contributed by atoms with Gasteiger partial charge >= 0.3 is 0 Å². The summed E-state index contributed by atoms with van der Waals surface area (Å²) in [5.41, 5.74) is 2.69. The molecule has 1 aliphatic heterocycles. The van der Waals surface area contributed by atoms with E-state index in [0.717, 1.165) is 28.4 Å². The number of aromatic nitrogens is 3. The van der Waals surface area contributed by atoms with Crippen molar-refractivity contribution in [3.05, 3.63) is 55.1 Å². The van der Waals surface area contributed by atoms with Gasteiger partial charge in [0.1, 0.15) is 12.7 Å². The van der Waals surface area contributed by atoms with E-state index in [1.165, 1.54) is 12.7 Å². The predicted molar refractivity (Wildman–Crippen MR) is 75.1 cm³/mol. The molecular weight excluding hydrogens is 252 g/mol. The second-order valence-electron chi connectivity index (χ2n) is 4.36. The van der Waals surface area contributed by atoms with Crippen LogP contribution in [-0.4, -0.2) is 15.0 Å². The summed E-state index contributed by atoms with van der Waals surface area (Å²) in [6.45, 7) is 0. The molecule has 5 heteroatoms. The molecule has 0 atom stereocenters. The average molecular weight is 262 g/mol. The first-order valence-electron chi connectivity index (χ1n) is 6.21. The van der Waals surface area contributed by atoms with Gasteiger partial charge in [-0.05, 0) is 24.3 Å². The Labute approximate surface area is 115 Å². The van der Waals surface area contributed by atoms with Crippen LogP contribution in [0.4, 0.5) is 11.4 Å². The molecule has 0 unspecified atom stereocenters. The van der Waals surface area contributed by atoms with Crippen LogP contribution in [0.2, 0.25) is 0 Å². The van der Waals surface area contributed by atoms with E-state index in [9.17, 15) is 0 Å². The first-order chi connectivity index (χ1) is 9.92. The molecule has 5 nitrogen and oxygen atoms in total. The van der Waals surface area contributed by atoms with E-state index in [4.69, 9.17) is 4.74 Å². The minimum atomic E-state index is 0.618. The standard InChI is InChI=1S/C15H10N4O/c1-2-6-12-11(5-1)19-14-10(4-3-7-13(14)20-12)15-17-8-16-9-18-15/h1-9,19H. The van der Waals surface area contributed by atoms with Crippen molar-refractivity contribution in [2.45, 2.75) is 0 Å². The lowest BCUT2D eigenvalue weighted by Gasteiger charge is -2.23. The summed E-state index contributed by atoms with van der Waals surface area (Å²) in [5, 5.41) is 3.38. The van der Waals surface area contributed by atoms with Crippen LogP contribution in [0.25, 0.3) is 11.4 Å². The van der Waals surface area contributed by atoms with Gasteiger partial charge in [0.2, 0.25) is 0 Å². The van der Waals surface area contributed by atoms with Crippen molar-refractivity contribution in [1.29, 1.82) is 0 Å². The van der Waals surface area contributed by atoms with Crippen molar-refractivity contribution in [2.24, 2.45) is 0 Å². The van der Waals surface area contributed by atoms with E-state index < -0.39 is 0 Å². The van der Waals surface area contributed by atoms with Gasteiger partial charge in [0, 0.05) is 5.56 Å². The van der Waals surface area contributed by atoms with Gasteiger partial charge in [0.15, 0.2) is 17.3 Å². The third kappa shape index (κ3) is 1.68. The smallest absolute Gasteiger partial charge is 0.164 e. The molecule has 1 aromatic heterocycles. The fourth-order valence-corrected chi connectivity index (χ4v) is 2.22. The highest BCUT2D eigenvalue weighted by atomic mass is 16.5. The van der Waals surface area contributed by atoms with Crippen molar-refractivity contribution in [1.82, 2.24) is 15.0 Å². The van der Waals surface area contributed by atoms with Gasteiger partial charge in [-0.15, -0.1) is 0 Å². The topological polar surface area (TPSA) is 59.9 Å². The van der Waals surface area contributed by atoms with Crippen LogP contribution < -0.4 is 10.1 Å².